The number of allylic oxidation sites excluding steroid dienone is 1. The summed E-state index contributed by atoms with van der Waals surface area (Å²) < 4.78 is 16.2. The van der Waals surface area contributed by atoms with Gasteiger partial charge in [-0.05, 0) is 84.5 Å². The molecule has 1 saturated heterocycles. The molecule has 3 aliphatic rings. The molecule has 0 aromatic rings. The minimum atomic E-state index is -1.66. The SMILES string of the molecule is CC(C)(O)C1CCC(C(=O)O[C@@H]2O[C@H](COC(=O)C3=CC[C@H](C(C)(C)O)CC3)[C@@H](O)[C@H](O)[C@H]2O)CC1. The van der Waals surface area contributed by atoms with Crippen LogP contribution >= 0.6 is 0 Å². The normalized spacial score (nSPS) is 36.1. The number of ether oxygens (including phenoxy) is 3. The van der Waals surface area contributed by atoms with Crippen LogP contribution in [0.25, 0.3) is 0 Å². The number of aliphatic hydroxyl groups excluding tert-OH is 3. The molecule has 3 rings (SSSR count). The third-order valence-electron chi connectivity index (χ3n) is 8.01. The molecule has 0 aromatic heterocycles. The first kappa shape index (κ1) is 29.0. The largest absolute Gasteiger partial charge is 0.459 e. The van der Waals surface area contributed by atoms with Crippen molar-refractivity contribution in [3.8, 4) is 0 Å². The fourth-order valence-electron chi connectivity index (χ4n) is 5.31. The Bertz CT molecular complexity index is 803. The van der Waals surface area contributed by atoms with Crippen molar-refractivity contribution in [2.75, 3.05) is 6.61 Å². The van der Waals surface area contributed by atoms with Crippen LogP contribution in [-0.2, 0) is 23.8 Å². The summed E-state index contributed by atoms with van der Waals surface area (Å²) >= 11 is 0. The molecule has 0 unspecified atom stereocenters. The first-order chi connectivity index (χ1) is 16.7. The maximum atomic E-state index is 12.7. The lowest BCUT2D eigenvalue weighted by molar-refractivity contribution is -0.294. The zero-order valence-electron chi connectivity index (χ0n) is 21.6. The Balaban J connectivity index is 1.53. The van der Waals surface area contributed by atoms with E-state index in [1.165, 1.54) is 0 Å². The topological polar surface area (TPSA) is 163 Å². The second-order valence-corrected chi connectivity index (χ2v) is 11.6. The minimum absolute atomic E-state index is 0.0369. The minimum Gasteiger partial charge on any atom is -0.459 e. The Hall–Kier alpha value is -1.56. The first-order valence-electron chi connectivity index (χ1n) is 12.9. The molecular formula is C26H42O10. The van der Waals surface area contributed by atoms with Crippen LogP contribution in [0.4, 0.5) is 0 Å². The van der Waals surface area contributed by atoms with Gasteiger partial charge in [-0.1, -0.05) is 6.08 Å². The maximum absolute atomic E-state index is 12.7. The van der Waals surface area contributed by atoms with Gasteiger partial charge in [-0.15, -0.1) is 0 Å². The van der Waals surface area contributed by atoms with E-state index < -0.39 is 66.4 Å². The average molecular weight is 515 g/mol. The molecule has 2 aliphatic carbocycles. The second-order valence-electron chi connectivity index (χ2n) is 11.6. The van der Waals surface area contributed by atoms with Crippen molar-refractivity contribution >= 4 is 11.9 Å². The molecule has 0 aromatic carbocycles. The Morgan fingerprint density at radius 1 is 0.917 bits per heavy atom. The monoisotopic (exact) mass is 514 g/mol. The van der Waals surface area contributed by atoms with Crippen molar-refractivity contribution in [3.05, 3.63) is 11.6 Å². The maximum Gasteiger partial charge on any atom is 0.333 e. The number of esters is 2. The fraction of sp³-hybridized carbons (Fsp3) is 0.846. The summed E-state index contributed by atoms with van der Waals surface area (Å²) in [6.45, 7) is 6.57. The van der Waals surface area contributed by atoms with Crippen molar-refractivity contribution < 1.29 is 49.3 Å². The molecule has 10 nitrogen and oxygen atoms in total. The molecule has 0 radical (unpaired) electrons. The molecule has 0 bridgehead atoms. The van der Waals surface area contributed by atoms with Gasteiger partial charge in [0.25, 0.3) is 0 Å². The van der Waals surface area contributed by atoms with Gasteiger partial charge in [-0.25, -0.2) is 4.79 Å². The highest BCUT2D eigenvalue weighted by Crippen LogP contribution is 2.36. The molecule has 0 spiro atoms. The molecule has 0 amide bonds. The third kappa shape index (κ3) is 7.05. The fourth-order valence-corrected chi connectivity index (χ4v) is 5.31. The lowest BCUT2D eigenvalue weighted by Crippen LogP contribution is -2.60. The predicted molar refractivity (Wildman–Crippen MR) is 127 cm³/mol. The molecule has 10 heteroatoms. The van der Waals surface area contributed by atoms with Gasteiger partial charge in [0, 0.05) is 5.57 Å². The van der Waals surface area contributed by atoms with Gasteiger partial charge in [-0.3, -0.25) is 4.79 Å². The second kappa shape index (κ2) is 11.4. The van der Waals surface area contributed by atoms with Crippen molar-refractivity contribution in [1.82, 2.24) is 0 Å². The van der Waals surface area contributed by atoms with E-state index in [1.54, 1.807) is 33.8 Å². The summed E-state index contributed by atoms with van der Waals surface area (Å²) in [5.74, 6) is -1.48. The van der Waals surface area contributed by atoms with Gasteiger partial charge >= 0.3 is 11.9 Å². The number of hydrogen-bond acceptors (Lipinski definition) is 10. The molecule has 206 valence electrons. The van der Waals surface area contributed by atoms with E-state index in [2.05, 4.69) is 0 Å². The molecule has 5 N–H and O–H groups in total. The van der Waals surface area contributed by atoms with Gasteiger partial charge in [0.1, 0.15) is 31.0 Å². The Morgan fingerprint density at radius 2 is 1.53 bits per heavy atom. The quantitative estimate of drug-likeness (QED) is 0.309. The predicted octanol–water partition coefficient (Wildman–Crippen LogP) is 0.955. The van der Waals surface area contributed by atoms with Crippen LogP contribution in [-0.4, -0.2) is 86.0 Å². The van der Waals surface area contributed by atoms with E-state index in [9.17, 15) is 35.1 Å². The van der Waals surface area contributed by atoms with Crippen LogP contribution in [0.2, 0.25) is 0 Å². The lowest BCUT2D eigenvalue weighted by Gasteiger charge is -2.40. The summed E-state index contributed by atoms with van der Waals surface area (Å²) in [5.41, 5.74) is -1.21. The average Bonchev–Trinajstić information content (AvgIpc) is 2.82. The van der Waals surface area contributed by atoms with Gasteiger partial charge < -0.3 is 39.7 Å². The van der Waals surface area contributed by atoms with Crippen LogP contribution < -0.4 is 0 Å². The molecule has 36 heavy (non-hydrogen) atoms. The van der Waals surface area contributed by atoms with Crippen LogP contribution in [0.15, 0.2) is 11.6 Å². The zero-order chi connectivity index (χ0) is 26.8. The summed E-state index contributed by atoms with van der Waals surface area (Å²) in [5, 5.41) is 51.3. The highest BCUT2D eigenvalue weighted by molar-refractivity contribution is 5.88. The number of rotatable bonds is 7. The Labute approximate surface area is 212 Å². The molecular weight excluding hydrogens is 472 g/mol. The van der Waals surface area contributed by atoms with Crippen molar-refractivity contribution in [2.45, 2.75) is 115 Å². The third-order valence-corrected chi connectivity index (χ3v) is 8.01. The smallest absolute Gasteiger partial charge is 0.333 e. The van der Waals surface area contributed by atoms with E-state index in [1.807, 2.05) is 0 Å². The van der Waals surface area contributed by atoms with E-state index >= 15 is 0 Å². The Kier molecular flexibility index (Phi) is 9.22. The van der Waals surface area contributed by atoms with Crippen LogP contribution in [0, 0.1) is 17.8 Å². The van der Waals surface area contributed by atoms with Crippen LogP contribution in [0.3, 0.4) is 0 Å². The molecule has 2 fully saturated rings. The molecule has 1 heterocycles. The molecule has 6 atom stereocenters. The highest BCUT2D eigenvalue weighted by Gasteiger charge is 2.47. The summed E-state index contributed by atoms with van der Waals surface area (Å²) in [4.78, 5) is 25.2. The van der Waals surface area contributed by atoms with Crippen LogP contribution in [0.5, 0.6) is 0 Å². The summed E-state index contributed by atoms with van der Waals surface area (Å²) in [7, 11) is 0. The van der Waals surface area contributed by atoms with Crippen molar-refractivity contribution in [3.63, 3.8) is 0 Å². The summed E-state index contributed by atoms with van der Waals surface area (Å²) in [6, 6.07) is 0. The van der Waals surface area contributed by atoms with Gasteiger partial charge in [0.05, 0.1) is 17.1 Å². The van der Waals surface area contributed by atoms with Gasteiger partial charge in [0.2, 0.25) is 6.29 Å². The van der Waals surface area contributed by atoms with E-state index in [0.29, 0.717) is 50.5 Å². The van der Waals surface area contributed by atoms with Gasteiger partial charge in [-0.2, -0.15) is 0 Å². The number of aliphatic hydroxyl groups is 5. The zero-order valence-corrected chi connectivity index (χ0v) is 21.6. The standard InChI is InChI=1S/C26H42O10/c1-25(2,32)16-9-5-14(6-10-16)22(30)34-13-18-19(27)20(28)21(29)24(35-18)36-23(31)15-7-11-17(12-8-15)26(3,4)33/h5,15-21,24,27-29,32-33H,6-13H2,1-4H3/t15?,16-,17?,18+,19+,20-,21+,24-/m0/s1. The molecule has 1 aliphatic heterocycles. The number of carbonyl (C=O) groups excluding carboxylic acids is 2. The highest BCUT2D eigenvalue weighted by atomic mass is 16.7. The lowest BCUT2D eigenvalue weighted by atomic mass is 9.75. The van der Waals surface area contributed by atoms with Gasteiger partial charge in [0.15, 0.2) is 0 Å². The first-order valence-corrected chi connectivity index (χ1v) is 12.9. The summed E-state index contributed by atoms with van der Waals surface area (Å²) in [6.07, 6.45) is -1.89. The molecule has 1 saturated carbocycles. The van der Waals surface area contributed by atoms with E-state index in [4.69, 9.17) is 14.2 Å². The van der Waals surface area contributed by atoms with E-state index in [-0.39, 0.29) is 11.8 Å². The van der Waals surface area contributed by atoms with E-state index in [0.717, 1.165) is 0 Å². The van der Waals surface area contributed by atoms with Crippen molar-refractivity contribution in [2.24, 2.45) is 17.8 Å². The number of carbonyl (C=O) groups is 2. The van der Waals surface area contributed by atoms with Crippen molar-refractivity contribution in [1.29, 1.82) is 0 Å². The van der Waals surface area contributed by atoms with Crippen LogP contribution in [0.1, 0.15) is 72.6 Å². The Morgan fingerprint density at radius 3 is 2.06 bits per heavy atom. The number of hydrogen-bond donors (Lipinski definition) is 5.